The smallest absolute Gasteiger partial charge is 0.175 e. The molecule has 110 valence electrons. The summed E-state index contributed by atoms with van der Waals surface area (Å²) < 4.78 is 6.53. The molecule has 21 heavy (non-hydrogen) atoms. The number of amidine groups is 1. The molecule has 2 rings (SSSR count). The SMILES string of the molecule is CCc1cc(Oc2cccc(Br)c2/C(N)=N/O)ccc1Cl. The minimum atomic E-state index is -0.0258. The Labute approximate surface area is 136 Å². The van der Waals surface area contributed by atoms with Crippen LogP contribution in [0.5, 0.6) is 11.5 Å². The molecular weight excluding hydrogens is 356 g/mol. The van der Waals surface area contributed by atoms with Crippen molar-refractivity contribution in [1.29, 1.82) is 0 Å². The third kappa shape index (κ3) is 3.49. The molecular formula is C15H14BrClN2O2. The Balaban J connectivity index is 2.43. The first kappa shape index (κ1) is 15.7. The number of oxime groups is 1. The van der Waals surface area contributed by atoms with Gasteiger partial charge in [-0.05, 0) is 58.2 Å². The predicted molar refractivity (Wildman–Crippen MR) is 87.6 cm³/mol. The Bertz CT molecular complexity index is 689. The second kappa shape index (κ2) is 6.83. The summed E-state index contributed by atoms with van der Waals surface area (Å²) in [7, 11) is 0. The van der Waals surface area contributed by atoms with Gasteiger partial charge in [-0.2, -0.15) is 0 Å². The van der Waals surface area contributed by atoms with Crippen LogP contribution in [-0.2, 0) is 6.42 Å². The highest BCUT2D eigenvalue weighted by Gasteiger charge is 2.13. The zero-order chi connectivity index (χ0) is 15.4. The molecule has 4 nitrogen and oxygen atoms in total. The van der Waals surface area contributed by atoms with E-state index in [0.29, 0.717) is 26.6 Å². The minimum Gasteiger partial charge on any atom is -0.457 e. The number of nitrogens with zero attached hydrogens (tertiary/aromatic N) is 1. The van der Waals surface area contributed by atoms with Gasteiger partial charge in [0.15, 0.2) is 5.84 Å². The summed E-state index contributed by atoms with van der Waals surface area (Å²) in [5, 5.41) is 12.6. The molecule has 6 heteroatoms. The van der Waals surface area contributed by atoms with Crippen molar-refractivity contribution in [3.05, 3.63) is 57.0 Å². The number of nitrogens with two attached hydrogens (primary N) is 1. The molecule has 0 bridgehead atoms. The molecule has 0 aliphatic rings. The molecule has 0 heterocycles. The number of benzene rings is 2. The highest BCUT2D eigenvalue weighted by molar-refractivity contribution is 9.10. The van der Waals surface area contributed by atoms with E-state index < -0.39 is 0 Å². The van der Waals surface area contributed by atoms with E-state index in [1.165, 1.54) is 0 Å². The lowest BCUT2D eigenvalue weighted by molar-refractivity contribution is 0.318. The van der Waals surface area contributed by atoms with Crippen LogP contribution in [0.25, 0.3) is 0 Å². The van der Waals surface area contributed by atoms with Gasteiger partial charge in [-0.25, -0.2) is 0 Å². The Hall–Kier alpha value is -1.72. The summed E-state index contributed by atoms with van der Waals surface area (Å²) in [6.07, 6.45) is 0.807. The standard InChI is InChI=1S/C15H14BrClN2O2/c1-2-9-8-10(6-7-12(9)17)21-13-5-3-4-11(16)14(13)15(18)19-20/h3-8,20H,2H2,1H3,(H2,18,19). The van der Waals surface area contributed by atoms with E-state index in [9.17, 15) is 0 Å². The lowest BCUT2D eigenvalue weighted by Gasteiger charge is -2.13. The third-order valence-corrected chi connectivity index (χ3v) is 3.99. The fraction of sp³-hybridized carbons (Fsp3) is 0.133. The maximum absolute atomic E-state index is 8.89. The lowest BCUT2D eigenvalue weighted by atomic mass is 10.1. The molecule has 0 aromatic heterocycles. The summed E-state index contributed by atoms with van der Waals surface area (Å²) in [6, 6.07) is 10.8. The van der Waals surface area contributed by atoms with Gasteiger partial charge >= 0.3 is 0 Å². The van der Waals surface area contributed by atoms with Crippen LogP contribution in [0.4, 0.5) is 0 Å². The highest BCUT2D eigenvalue weighted by atomic mass is 79.9. The van der Waals surface area contributed by atoms with Gasteiger partial charge in [-0.3, -0.25) is 0 Å². The normalized spacial score (nSPS) is 11.5. The summed E-state index contributed by atoms with van der Waals surface area (Å²) in [4.78, 5) is 0. The second-order valence-corrected chi connectivity index (χ2v) is 5.57. The maximum atomic E-state index is 8.89. The lowest BCUT2D eigenvalue weighted by Crippen LogP contribution is -2.15. The van der Waals surface area contributed by atoms with Crippen molar-refractivity contribution in [2.45, 2.75) is 13.3 Å². The van der Waals surface area contributed by atoms with E-state index in [4.69, 9.17) is 27.3 Å². The molecule has 0 aliphatic heterocycles. The average Bonchev–Trinajstić information content (AvgIpc) is 2.48. The topological polar surface area (TPSA) is 67.8 Å². The first-order valence-corrected chi connectivity index (χ1v) is 7.46. The van der Waals surface area contributed by atoms with E-state index in [1.54, 1.807) is 24.3 Å². The fourth-order valence-corrected chi connectivity index (χ4v) is 2.70. The first-order chi connectivity index (χ1) is 10.1. The quantitative estimate of drug-likeness (QED) is 0.359. The molecule has 2 aromatic carbocycles. The van der Waals surface area contributed by atoms with Crippen LogP contribution in [0.15, 0.2) is 46.0 Å². The molecule has 0 radical (unpaired) electrons. The minimum absolute atomic E-state index is 0.0258. The van der Waals surface area contributed by atoms with Crippen molar-refractivity contribution in [1.82, 2.24) is 0 Å². The third-order valence-electron chi connectivity index (χ3n) is 2.97. The predicted octanol–water partition coefficient (Wildman–Crippen LogP) is 4.55. The molecule has 0 aliphatic carbocycles. The maximum Gasteiger partial charge on any atom is 0.175 e. The van der Waals surface area contributed by atoms with Crippen molar-refractivity contribution in [3.63, 3.8) is 0 Å². The molecule has 3 N–H and O–H groups in total. The molecule has 0 amide bonds. The molecule has 2 aromatic rings. The molecule has 0 saturated carbocycles. The number of hydrogen-bond donors (Lipinski definition) is 2. The van der Waals surface area contributed by atoms with Crippen LogP contribution in [0.1, 0.15) is 18.1 Å². The van der Waals surface area contributed by atoms with Gasteiger partial charge in [0.2, 0.25) is 0 Å². The Morgan fingerprint density at radius 2 is 2.14 bits per heavy atom. The highest BCUT2D eigenvalue weighted by Crippen LogP contribution is 2.32. The number of aryl methyl sites for hydroxylation is 1. The van der Waals surface area contributed by atoms with Crippen LogP contribution < -0.4 is 10.5 Å². The summed E-state index contributed by atoms with van der Waals surface area (Å²) in [5.41, 5.74) is 7.19. The van der Waals surface area contributed by atoms with E-state index >= 15 is 0 Å². The van der Waals surface area contributed by atoms with E-state index in [0.717, 1.165) is 12.0 Å². The van der Waals surface area contributed by atoms with Crippen molar-refractivity contribution < 1.29 is 9.94 Å². The van der Waals surface area contributed by atoms with Crippen LogP contribution in [0.3, 0.4) is 0 Å². The van der Waals surface area contributed by atoms with Crippen molar-refractivity contribution in [2.75, 3.05) is 0 Å². The van der Waals surface area contributed by atoms with Crippen molar-refractivity contribution in [2.24, 2.45) is 10.9 Å². The van der Waals surface area contributed by atoms with E-state index in [2.05, 4.69) is 21.1 Å². The van der Waals surface area contributed by atoms with Crippen LogP contribution >= 0.6 is 27.5 Å². The zero-order valence-corrected chi connectivity index (χ0v) is 13.6. The van der Waals surface area contributed by atoms with Gasteiger partial charge in [0, 0.05) is 9.50 Å². The van der Waals surface area contributed by atoms with Gasteiger partial charge in [0.1, 0.15) is 11.5 Å². The molecule has 0 spiro atoms. The van der Waals surface area contributed by atoms with Crippen LogP contribution in [0, 0.1) is 0 Å². The van der Waals surface area contributed by atoms with E-state index in [1.807, 2.05) is 19.1 Å². The van der Waals surface area contributed by atoms with Gasteiger partial charge in [0.25, 0.3) is 0 Å². The molecule has 0 unspecified atom stereocenters. The second-order valence-electron chi connectivity index (χ2n) is 4.31. The van der Waals surface area contributed by atoms with Gasteiger partial charge < -0.3 is 15.7 Å². The first-order valence-electron chi connectivity index (χ1n) is 6.29. The Morgan fingerprint density at radius 1 is 1.38 bits per heavy atom. The van der Waals surface area contributed by atoms with Gasteiger partial charge in [-0.15, -0.1) is 0 Å². The number of halogens is 2. The molecule has 0 saturated heterocycles. The number of ether oxygens (including phenoxy) is 1. The monoisotopic (exact) mass is 368 g/mol. The summed E-state index contributed by atoms with van der Waals surface area (Å²) >= 11 is 9.46. The van der Waals surface area contributed by atoms with Crippen molar-refractivity contribution >= 4 is 33.4 Å². The van der Waals surface area contributed by atoms with Crippen LogP contribution in [-0.4, -0.2) is 11.0 Å². The molecule has 0 atom stereocenters. The number of hydrogen-bond acceptors (Lipinski definition) is 3. The summed E-state index contributed by atoms with van der Waals surface area (Å²) in [5.74, 6) is 1.10. The van der Waals surface area contributed by atoms with Crippen molar-refractivity contribution in [3.8, 4) is 11.5 Å². The average molecular weight is 370 g/mol. The molecule has 0 fully saturated rings. The largest absolute Gasteiger partial charge is 0.457 e. The van der Waals surface area contributed by atoms with Crippen LogP contribution in [0.2, 0.25) is 5.02 Å². The number of rotatable bonds is 4. The van der Waals surface area contributed by atoms with Gasteiger partial charge in [0.05, 0.1) is 5.56 Å². The fourth-order valence-electron chi connectivity index (χ4n) is 1.90. The summed E-state index contributed by atoms with van der Waals surface area (Å²) in [6.45, 7) is 2.02. The van der Waals surface area contributed by atoms with Gasteiger partial charge in [-0.1, -0.05) is 29.7 Å². The Morgan fingerprint density at radius 3 is 2.81 bits per heavy atom. The Kier molecular flexibility index (Phi) is 5.09. The zero-order valence-electron chi connectivity index (χ0n) is 11.3. The van der Waals surface area contributed by atoms with E-state index in [-0.39, 0.29) is 5.84 Å².